The Morgan fingerprint density at radius 1 is 1.22 bits per heavy atom. The van der Waals surface area contributed by atoms with Crippen molar-refractivity contribution < 1.29 is 9.47 Å². The van der Waals surface area contributed by atoms with Crippen LogP contribution in [0.25, 0.3) is 0 Å². The fourth-order valence-corrected chi connectivity index (χ4v) is 1.83. The molecule has 1 aromatic rings. The highest BCUT2D eigenvalue weighted by molar-refractivity contribution is 5.43. The Balaban J connectivity index is 2.54. The molecule has 0 saturated carbocycles. The maximum atomic E-state index is 5.76. The summed E-state index contributed by atoms with van der Waals surface area (Å²) in [7, 11) is 1.67. The van der Waals surface area contributed by atoms with E-state index >= 15 is 0 Å². The SMILES string of the molecule is COc1cc(CCN)ccc1OCCCC(C)C. The third-order valence-corrected chi connectivity index (χ3v) is 2.84. The molecule has 0 heterocycles. The Kier molecular flexibility index (Phi) is 6.58. The molecule has 0 aliphatic rings. The first-order valence-electron chi connectivity index (χ1n) is 6.67. The molecule has 0 aliphatic heterocycles. The molecule has 2 N–H and O–H groups in total. The predicted octanol–water partition coefficient (Wildman–Crippen LogP) is 3.01. The molecular formula is C15H25NO2. The fraction of sp³-hybridized carbons (Fsp3) is 0.600. The lowest BCUT2D eigenvalue weighted by Gasteiger charge is -2.12. The summed E-state index contributed by atoms with van der Waals surface area (Å²) in [5.74, 6) is 2.34. The fourth-order valence-electron chi connectivity index (χ4n) is 1.83. The van der Waals surface area contributed by atoms with Crippen LogP contribution in [0.3, 0.4) is 0 Å². The largest absolute Gasteiger partial charge is 0.493 e. The lowest BCUT2D eigenvalue weighted by molar-refractivity contribution is 0.279. The number of hydrogen-bond donors (Lipinski definition) is 1. The predicted molar refractivity (Wildman–Crippen MR) is 75.3 cm³/mol. The number of benzene rings is 1. The number of hydrogen-bond acceptors (Lipinski definition) is 3. The molecule has 102 valence electrons. The van der Waals surface area contributed by atoms with Crippen LogP contribution >= 0.6 is 0 Å². The minimum Gasteiger partial charge on any atom is -0.493 e. The van der Waals surface area contributed by atoms with Crippen molar-refractivity contribution in [1.29, 1.82) is 0 Å². The van der Waals surface area contributed by atoms with Crippen LogP contribution in [-0.2, 0) is 6.42 Å². The lowest BCUT2D eigenvalue weighted by atomic mass is 10.1. The summed E-state index contributed by atoms with van der Waals surface area (Å²) in [6, 6.07) is 6.02. The molecule has 0 bridgehead atoms. The van der Waals surface area contributed by atoms with Crippen LogP contribution in [0, 0.1) is 5.92 Å². The first-order valence-corrected chi connectivity index (χ1v) is 6.67. The van der Waals surface area contributed by atoms with Crippen LogP contribution in [0.15, 0.2) is 18.2 Å². The highest BCUT2D eigenvalue weighted by atomic mass is 16.5. The Bertz CT molecular complexity index is 350. The second kappa shape index (κ2) is 7.98. The zero-order chi connectivity index (χ0) is 13.4. The zero-order valence-corrected chi connectivity index (χ0v) is 11.7. The molecule has 0 radical (unpaired) electrons. The number of nitrogens with two attached hydrogens (primary N) is 1. The van der Waals surface area contributed by atoms with Gasteiger partial charge in [-0.3, -0.25) is 0 Å². The molecule has 3 heteroatoms. The molecule has 0 spiro atoms. The van der Waals surface area contributed by atoms with E-state index in [4.69, 9.17) is 15.2 Å². The molecule has 3 nitrogen and oxygen atoms in total. The Morgan fingerprint density at radius 2 is 2.00 bits per heavy atom. The second-order valence-corrected chi connectivity index (χ2v) is 4.91. The highest BCUT2D eigenvalue weighted by Crippen LogP contribution is 2.28. The van der Waals surface area contributed by atoms with Gasteiger partial charge in [0, 0.05) is 0 Å². The Hall–Kier alpha value is -1.22. The van der Waals surface area contributed by atoms with Crippen molar-refractivity contribution in [2.24, 2.45) is 11.7 Å². The van der Waals surface area contributed by atoms with E-state index < -0.39 is 0 Å². The summed E-state index contributed by atoms with van der Waals surface area (Å²) < 4.78 is 11.1. The highest BCUT2D eigenvalue weighted by Gasteiger charge is 2.05. The van der Waals surface area contributed by atoms with Gasteiger partial charge in [0.2, 0.25) is 0 Å². The van der Waals surface area contributed by atoms with Crippen LogP contribution in [0.4, 0.5) is 0 Å². The van der Waals surface area contributed by atoms with Crippen LogP contribution in [-0.4, -0.2) is 20.3 Å². The van der Waals surface area contributed by atoms with E-state index in [9.17, 15) is 0 Å². The third kappa shape index (κ3) is 4.96. The van der Waals surface area contributed by atoms with E-state index in [0.29, 0.717) is 6.54 Å². The van der Waals surface area contributed by atoms with Gasteiger partial charge in [-0.15, -0.1) is 0 Å². The molecule has 0 fully saturated rings. The minimum absolute atomic E-state index is 0.651. The molecule has 1 aromatic carbocycles. The summed E-state index contributed by atoms with van der Waals surface area (Å²) in [5, 5.41) is 0. The van der Waals surface area contributed by atoms with Gasteiger partial charge in [-0.2, -0.15) is 0 Å². The Labute approximate surface area is 110 Å². The van der Waals surface area contributed by atoms with Gasteiger partial charge in [-0.25, -0.2) is 0 Å². The van der Waals surface area contributed by atoms with Crippen LogP contribution < -0.4 is 15.2 Å². The van der Waals surface area contributed by atoms with Gasteiger partial charge in [0.05, 0.1) is 13.7 Å². The van der Waals surface area contributed by atoms with E-state index in [0.717, 1.165) is 36.9 Å². The topological polar surface area (TPSA) is 44.5 Å². The average molecular weight is 251 g/mol. The van der Waals surface area contributed by atoms with Gasteiger partial charge in [-0.05, 0) is 49.4 Å². The molecule has 18 heavy (non-hydrogen) atoms. The van der Waals surface area contributed by atoms with Crippen molar-refractivity contribution in [3.63, 3.8) is 0 Å². The van der Waals surface area contributed by atoms with E-state index in [-0.39, 0.29) is 0 Å². The van der Waals surface area contributed by atoms with Crippen molar-refractivity contribution in [1.82, 2.24) is 0 Å². The average Bonchev–Trinajstić information content (AvgIpc) is 2.35. The lowest BCUT2D eigenvalue weighted by Crippen LogP contribution is -2.04. The zero-order valence-electron chi connectivity index (χ0n) is 11.7. The molecule has 0 atom stereocenters. The van der Waals surface area contributed by atoms with Gasteiger partial charge in [-0.1, -0.05) is 19.9 Å². The van der Waals surface area contributed by atoms with Gasteiger partial charge in [0.15, 0.2) is 11.5 Å². The number of rotatable bonds is 8. The summed E-state index contributed by atoms with van der Waals surface area (Å²) in [6.07, 6.45) is 3.13. The van der Waals surface area contributed by atoms with Crippen molar-refractivity contribution >= 4 is 0 Å². The van der Waals surface area contributed by atoms with Gasteiger partial charge < -0.3 is 15.2 Å². The number of methoxy groups -OCH3 is 1. The van der Waals surface area contributed by atoms with E-state index in [2.05, 4.69) is 13.8 Å². The van der Waals surface area contributed by atoms with Gasteiger partial charge in [0.25, 0.3) is 0 Å². The molecule has 0 aromatic heterocycles. The first-order chi connectivity index (χ1) is 8.67. The Morgan fingerprint density at radius 3 is 2.61 bits per heavy atom. The van der Waals surface area contributed by atoms with E-state index in [1.165, 1.54) is 12.0 Å². The van der Waals surface area contributed by atoms with Crippen molar-refractivity contribution in [3.8, 4) is 11.5 Å². The number of ether oxygens (including phenoxy) is 2. The summed E-state index contributed by atoms with van der Waals surface area (Å²) in [6.45, 7) is 5.84. The molecule has 0 amide bonds. The smallest absolute Gasteiger partial charge is 0.161 e. The molecule has 0 unspecified atom stereocenters. The first kappa shape index (κ1) is 14.8. The van der Waals surface area contributed by atoms with Crippen LogP contribution in [0.5, 0.6) is 11.5 Å². The van der Waals surface area contributed by atoms with Crippen molar-refractivity contribution in [2.45, 2.75) is 33.1 Å². The van der Waals surface area contributed by atoms with Crippen molar-refractivity contribution in [3.05, 3.63) is 23.8 Å². The summed E-state index contributed by atoms with van der Waals surface area (Å²) >= 11 is 0. The van der Waals surface area contributed by atoms with Gasteiger partial charge >= 0.3 is 0 Å². The monoisotopic (exact) mass is 251 g/mol. The molecule has 1 rings (SSSR count). The van der Waals surface area contributed by atoms with Gasteiger partial charge in [0.1, 0.15) is 0 Å². The van der Waals surface area contributed by atoms with Crippen LogP contribution in [0.1, 0.15) is 32.3 Å². The quantitative estimate of drug-likeness (QED) is 0.722. The molecule has 0 saturated heterocycles. The maximum absolute atomic E-state index is 5.76. The summed E-state index contributed by atoms with van der Waals surface area (Å²) in [5.41, 5.74) is 6.73. The minimum atomic E-state index is 0.651. The molecule has 0 aliphatic carbocycles. The summed E-state index contributed by atoms with van der Waals surface area (Å²) in [4.78, 5) is 0. The van der Waals surface area contributed by atoms with Crippen molar-refractivity contribution in [2.75, 3.05) is 20.3 Å². The second-order valence-electron chi connectivity index (χ2n) is 4.91. The third-order valence-electron chi connectivity index (χ3n) is 2.84. The van der Waals surface area contributed by atoms with E-state index in [1.54, 1.807) is 7.11 Å². The maximum Gasteiger partial charge on any atom is 0.161 e. The normalized spacial score (nSPS) is 10.7. The van der Waals surface area contributed by atoms with Crippen LogP contribution in [0.2, 0.25) is 0 Å². The van der Waals surface area contributed by atoms with E-state index in [1.807, 2.05) is 18.2 Å². The standard InChI is InChI=1S/C15H25NO2/c1-12(2)5-4-10-18-14-7-6-13(8-9-16)11-15(14)17-3/h6-7,11-12H,4-5,8-10,16H2,1-3H3. The molecular weight excluding hydrogens is 226 g/mol.